The second kappa shape index (κ2) is 18.2. The number of allylic oxidation sites excluding steroid dienone is 6. The molecule has 2 unspecified atom stereocenters. The molecule has 52 heavy (non-hydrogen) atoms. The largest absolute Gasteiger partial charge is 0.772 e. The Balaban J connectivity index is 1.86. The minimum Gasteiger partial charge on any atom is -0.772 e. The number of nitrogens with zero attached hydrogens (tertiary/aromatic N) is 3. The van der Waals surface area contributed by atoms with Crippen LogP contribution in [0.3, 0.4) is 0 Å². The molecular formula is C37H51N4O9S2-. The molecule has 2 heterocycles. The summed E-state index contributed by atoms with van der Waals surface area (Å²) in [5.41, 5.74) is 3.47. The first kappa shape index (κ1) is 42.5. The van der Waals surface area contributed by atoms with Crippen molar-refractivity contribution in [2.24, 2.45) is 10.4 Å². The summed E-state index contributed by atoms with van der Waals surface area (Å²) in [7, 11) is -1.50. The first-order valence-electron chi connectivity index (χ1n) is 17.1. The van der Waals surface area contributed by atoms with Crippen molar-refractivity contribution in [2.75, 3.05) is 37.9 Å². The number of likely N-dealkylation sites (N-methyl/N-ethyl adjacent to an activating group) is 1. The van der Waals surface area contributed by atoms with Gasteiger partial charge in [0.1, 0.15) is 0 Å². The van der Waals surface area contributed by atoms with Crippen LogP contribution in [0.1, 0.15) is 72.3 Å². The maximum atomic E-state index is 13.1. The van der Waals surface area contributed by atoms with Crippen molar-refractivity contribution >= 4 is 44.5 Å². The number of hydrogen-bond acceptors (Lipinski definition) is 10. The van der Waals surface area contributed by atoms with Gasteiger partial charge in [0, 0.05) is 66.4 Å². The second-order valence-electron chi connectivity index (χ2n) is 13.7. The van der Waals surface area contributed by atoms with E-state index in [0.717, 1.165) is 46.1 Å². The Kier molecular flexibility index (Phi) is 14.9. The summed E-state index contributed by atoms with van der Waals surface area (Å²) in [4.78, 5) is 36.0. The number of benzene rings is 1. The highest BCUT2D eigenvalue weighted by Gasteiger charge is 2.40. The van der Waals surface area contributed by atoms with Gasteiger partial charge in [-0.2, -0.15) is 8.42 Å². The molecule has 0 saturated heterocycles. The van der Waals surface area contributed by atoms with Crippen LogP contribution in [0, 0.1) is 5.41 Å². The molecular weight excluding hydrogens is 709 g/mol. The average molecular weight is 760 g/mol. The van der Waals surface area contributed by atoms with E-state index in [1.165, 1.54) is 26.3 Å². The van der Waals surface area contributed by atoms with Gasteiger partial charge < -0.3 is 19.9 Å². The fourth-order valence-corrected chi connectivity index (χ4v) is 7.26. The van der Waals surface area contributed by atoms with E-state index in [0.29, 0.717) is 31.5 Å². The van der Waals surface area contributed by atoms with Crippen LogP contribution in [0.25, 0.3) is 0 Å². The summed E-state index contributed by atoms with van der Waals surface area (Å²) < 4.78 is 55.3. The van der Waals surface area contributed by atoms with Crippen LogP contribution in [0.5, 0.6) is 0 Å². The number of amides is 1. The predicted octanol–water partition coefficient (Wildman–Crippen LogP) is 5.23. The molecule has 13 nitrogen and oxygen atoms in total. The normalized spacial score (nSPS) is 20.6. The zero-order chi connectivity index (χ0) is 38.9. The number of hydroxylamine groups is 2. The van der Waals surface area contributed by atoms with Gasteiger partial charge in [-0.1, -0.05) is 63.4 Å². The summed E-state index contributed by atoms with van der Waals surface area (Å²) in [6.45, 7) is 11.0. The summed E-state index contributed by atoms with van der Waals surface area (Å²) in [6, 6.07) is 4.38. The van der Waals surface area contributed by atoms with Gasteiger partial charge in [0.05, 0.1) is 23.6 Å². The minimum absolute atomic E-state index is 0.0140. The monoisotopic (exact) mass is 759 g/mol. The number of carboxylic acids is 1. The van der Waals surface area contributed by atoms with Gasteiger partial charge in [0.2, 0.25) is 0 Å². The van der Waals surface area contributed by atoms with Crippen molar-refractivity contribution < 1.29 is 41.3 Å². The molecule has 286 valence electrons. The number of aliphatic carboxylic acids is 1. The van der Waals surface area contributed by atoms with E-state index in [1.54, 1.807) is 18.3 Å². The highest BCUT2D eigenvalue weighted by Crippen LogP contribution is 2.48. The van der Waals surface area contributed by atoms with E-state index in [-0.39, 0.29) is 29.0 Å². The van der Waals surface area contributed by atoms with Crippen molar-refractivity contribution in [2.45, 2.75) is 83.1 Å². The van der Waals surface area contributed by atoms with Crippen LogP contribution >= 0.6 is 0 Å². The van der Waals surface area contributed by atoms with E-state index in [9.17, 15) is 31.3 Å². The van der Waals surface area contributed by atoms with E-state index >= 15 is 0 Å². The number of carboxylic acid groups (broad SMARTS) is 1. The third-order valence-electron chi connectivity index (χ3n) is 9.32. The Labute approximate surface area is 309 Å². The van der Waals surface area contributed by atoms with Gasteiger partial charge in [-0.3, -0.25) is 28.2 Å². The van der Waals surface area contributed by atoms with E-state index in [1.807, 2.05) is 65.0 Å². The van der Waals surface area contributed by atoms with Crippen LogP contribution < -0.4 is 10.2 Å². The molecule has 0 fully saturated rings. The lowest BCUT2D eigenvalue weighted by atomic mass is 9.78. The summed E-state index contributed by atoms with van der Waals surface area (Å²) in [6.07, 6.45) is 15.4. The first-order chi connectivity index (χ1) is 24.3. The maximum absolute atomic E-state index is 13.1. The topological polar surface area (TPSA) is 189 Å². The van der Waals surface area contributed by atoms with Crippen LogP contribution in [0.2, 0.25) is 0 Å². The Bertz CT molecular complexity index is 1810. The summed E-state index contributed by atoms with van der Waals surface area (Å²) in [5, 5.41) is 13.2. The van der Waals surface area contributed by atoms with Gasteiger partial charge in [0.15, 0.2) is 0 Å². The highest BCUT2D eigenvalue weighted by molar-refractivity contribution is 7.85. The number of unbranched alkanes of at least 4 members (excludes halogenated alkanes) is 2. The van der Waals surface area contributed by atoms with Gasteiger partial charge in [-0.15, -0.1) is 0 Å². The zero-order valence-electron chi connectivity index (χ0n) is 30.9. The molecule has 1 aromatic carbocycles. The molecule has 2 aliphatic rings. The number of anilines is 1. The SMILES string of the molecule is CON(C)C(=O)C(=CNCCCS(=O)[O-])C=C1C(C)N=C(C=CC=CC=C2N(CCCCCC(=O)O)c3ccc(S(=O)(=O)O)cc3C2(C)C)C1(C)C. The molecule has 0 spiro atoms. The molecule has 0 bridgehead atoms. The number of hydrogen-bond donors (Lipinski definition) is 3. The van der Waals surface area contributed by atoms with E-state index < -0.39 is 38.0 Å². The average Bonchev–Trinajstić information content (AvgIpc) is 3.41. The molecule has 0 radical (unpaired) electrons. The molecule has 2 aliphatic heterocycles. The highest BCUT2D eigenvalue weighted by atomic mass is 32.2. The van der Waals surface area contributed by atoms with Crippen LogP contribution in [0.4, 0.5) is 5.69 Å². The molecule has 1 aromatic rings. The third kappa shape index (κ3) is 10.8. The first-order valence-corrected chi connectivity index (χ1v) is 19.8. The van der Waals surface area contributed by atoms with Crippen molar-refractivity contribution in [1.82, 2.24) is 10.4 Å². The minimum atomic E-state index is -4.40. The van der Waals surface area contributed by atoms with Crippen molar-refractivity contribution in [3.8, 4) is 0 Å². The Hall–Kier alpha value is -3.89. The second-order valence-corrected chi connectivity index (χ2v) is 16.2. The van der Waals surface area contributed by atoms with Crippen LogP contribution in [0.15, 0.2) is 87.6 Å². The number of nitrogens with one attached hydrogen (secondary N) is 1. The van der Waals surface area contributed by atoms with Crippen molar-refractivity contribution in [3.05, 3.63) is 83.3 Å². The van der Waals surface area contributed by atoms with Gasteiger partial charge in [-0.05, 0) is 73.7 Å². The number of rotatable bonds is 18. The molecule has 0 aromatic heterocycles. The standard InChI is InChI=1S/C37H52N4O9S2/c1-26-29(23-27(35(44)40(6)50-7)25-38-20-14-22-51(45)46)36(2,3)32(39-26)15-10-8-11-16-33-37(4,5)30-24-28(52(47,48)49)18-19-31(30)41(33)21-13-9-12-17-34(42)43/h8,10-11,15-16,18-19,23-26,38H,9,12-14,17,20-22H2,1-7H3,(H,42,43)(H,45,46)(H,47,48,49)/p-1. The Morgan fingerprint density at radius 3 is 2.46 bits per heavy atom. The lowest BCUT2D eigenvalue weighted by Crippen LogP contribution is -2.29. The Morgan fingerprint density at radius 1 is 1.12 bits per heavy atom. The quantitative estimate of drug-likeness (QED) is 0.0444. The van der Waals surface area contributed by atoms with E-state index in [2.05, 4.69) is 10.2 Å². The zero-order valence-corrected chi connectivity index (χ0v) is 32.6. The smallest absolute Gasteiger partial charge is 0.303 e. The maximum Gasteiger partial charge on any atom is 0.303 e. The lowest BCUT2D eigenvalue weighted by molar-refractivity contribution is -0.163. The predicted molar refractivity (Wildman–Crippen MR) is 202 cm³/mol. The van der Waals surface area contributed by atoms with Gasteiger partial charge in [-0.25, -0.2) is 5.06 Å². The molecule has 3 rings (SSSR count). The number of carbonyl (C=O) groups excluding carboxylic acids is 1. The van der Waals surface area contributed by atoms with Crippen molar-refractivity contribution in [1.29, 1.82) is 0 Å². The Morgan fingerprint density at radius 2 is 1.83 bits per heavy atom. The lowest BCUT2D eigenvalue weighted by Gasteiger charge is -2.27. The van der Waals surface area contributed by atoms with Gasteiger partial charge >= 0.3 is 5.97 Å². The summed E-state index contributed by atoms with van der Waals surface area (Å²) in [5.74, 6) is -1.19. The fourth-order valence-electron chi connectivity index (χ4n) is 6.37. The molecule has 0 aliphatic carbocycles. The van der Waals surface area contributed by atoms with Crippen LogP contribution in [-0.4, -0.2) is 88.5 Å². The summed E-state index contributed by atoms with van der Waals surface area (Å²) >= 11 is -2.14. The number of carbonyl (C=O) groups is 2. The van der Waals surface area contributed by atoms with Gasteiger partial charge in [0.25, 0.3) is 16.0 Å². The molecule has 3 N–H and O–H groups in total. The molecule has 1 amide bonds. The van der Waals surface area contributed by atoms with Crippen LogP contribution in [-0.2, 0) is 41.0 Å². The van der Waals surface area contributed by atoms with Crippen molar-refractivity contribution in [3.63, 3.8) is 0 Å². The molecule has 2 atom stereocenters. The molecule has 15 heteroatoms. The number of fused-ring (bicyclic) bond motifs is 1. The third-order valence-corrected chi connectivity index (χ3v) is 10.8. The van der Waals surface area contributed by atoms with E-state index in [4.69, 9.17) is 14.9 Å². The number of aliphatic imine (C=N–C) groups is 1. The fraction of sp³-hybridized carbons (Fsp3) is 0.486. The molecule has 0 saturated carbocycles.